The monoisotopic (exact) mass is 402 g/mol. The Hall–Kier alpha value is -2.90. The Balaban J connectivity index is 1.61. The van der Waals surface area contributed by atoms with Crippen LogP contribution < -0.4 is 5.32 Å². The van der Waals surface area contributed by atoms with Gasteiger partial charge in [-0.1, -0.05) is 37.3 Å². The normalized spacial score (nSPS) is 15.9. The molecule has 1 atom stereocenters. The molecule has 152 valence electrons. The maximum atomic E-state index is 13.0. The fourth-order valence-electron chi connectivity index (χ4n) is 3.57. The van der Waals surface area contributed by atoms with Gasteiger partial charge in [0.05, 0.1) is 5.56 Å². The number of halogens is 3. The number of carbonyl (C=O) groups excluding carboxylic acids is 1. The lowest BCUT2D eigenvalue weighted by Gasteiger charge is -2.28. The van der Waals surface area contributed by atoms with E-state index in [1.165, 1.54) is 0 Å². The van der Waals surface area contributed by atoms with Crippen molar-refractivity contribution in [1.82, 2.24) is 14.5 Å². The first kappa shape index (κ1) is 19.4. The van der Waals surface area contributed by atoms with E-state index < -0.39 is 11.7 Å². The highest BCUT2D eigenvalue weighted by molar-refractivity contribution is 5.91. The molecule has 4 rings (SSSR count). The van der Waals surface area contributed by atoms with Gasteiger partial charge in [0.1, 0.15) is 5.52 Å². The third-order valence-electron chi connectivity index (χ3n) is 5.41. The average Bonchev–Trinajstić information content (AvgIpc) is 2.97. The number of amides is 1. The summed E-state index contributed by atoms with van der Waals surface area (Å²) in [6.45, 7) is 1.96. The number of benzene rings is 1. The van der Waals surface area contributed by atoms with E-state index in [4.69, 9.17) is 0 Å². The van der Waals surface area contributed by atoms with Crippen molar-refractivity contribution in [2.75, 3.05) is 5.32 Å². The van der Waals surface area contributed by atoms with E-state index in [2.05, 4.69) is 15.3 Å². The summed E-state index contributed by atoms with van der Waals surface area (Å²) in [6, 6.07) is 10.8. The summed E-state index contributed by atoms with van der Waals surface area (Å²) in [7, 11) is 0. The Kier molecular flexibility index (Phi) is 5.02. The van der Waals surface area contributed by atoms with Crippen LogP contribution in [0.25, 0.3) is 11.2 Å². The smallest absolute Gasteiger partial charge is 0.296 e. The molecule has 2 aromatic heterocycles. The minimum atomic E-state index is -4.49. The zero-order valence-electron chi connectivity index (χ0n) is 15.9. The van der Waals surface area contributed by atoms with E-state index in [0.29, 0.717) is 5.65 Å². The quantitative estimate of drug-likeness (QED) is 0.629. The highest BCUT2D eigenvalue weighted by atomic mass is 19.4. The molecule has 0 aliphatic heterocycles. The van der Waals surface area contributed by atoms with Gasteiger partial charge in [0, 0.05) is 18.7 Å². The number of pyridine rings is 1. The maximum absolute atomic E-state index is 13.0. The van der Waals surface area contributed by atoms with Crippen LogP contribution in [-0.2, 0) is 11.0 Å². The summed E-state index contributed by atoms with van der Waals surface area (Å²) in [5, 5.41) is 2.80. The number of anilines is 1. The molecule has 1 amide bonds. The molecule has 1 aliphatic carbocycles. The molecule has 0 radical (unpaired) electrons. The number of hydrogen-bond acceptors (Lipinski definition) is 3. The zero-order chi connectivity index (χ0) is 20.6. The van der Waals surface area contributed by atoms with Crippen molar-refractivity contribution >= 4 is 23.0 Å². The number of hydrogen-bond donors (Lipinski definition) is 1. The van der Waals surface area contributed by atoms with E-state index >= 15 is 0 Å². The molecule has 2 heterocycles. The molecular formula is C21H21F3N4O. The summed E-state index contributed by atoms with van der Waals surface area (Å²) < 4.78 is 40.9. The Morgan fingerprint density at radius 1 is 1.28 bits per heavy atom. The van der Waals surface area contributed by atoms with Gasteiger partial charge in [0.25, 0.3) is 0 Å². The van der Waals surface area contributed by atoms with Crippen LogP contribution in [0.4, 0.5) is 19.1 Å². The zero-order valence-corrected chi connectivity index (χ0v) is 15.9. The van der Waals surface area contributed by atoms with E-state index in [1.54, 1.807) is 4.57 Å². The average molecular weight is 402 g/mol. The molecule has 0 spiro atoms. The van der Waals surface area contributed by atoms with Gasteiger partial charge in [-0.3, -0.25) is 14.7 Å². The third kappa shape index (κ3) is 3.97. The number of aromatic nitrogens is 3. The van der Waals surface area contributed by atoms with E-state index in [0.717, 1.165) is 37.1 Å². The molecule has 8 heteroatoms. The Morgan fingerprint density at radius 2 is 2.00 bits per heavy atom. The van der Waals surface area contributed by atoms with Crippen molar-refractivity contribution in [3.63, 3.8) is 0 Å². The number of nitrogens with one attached hydrogen (secondary N) is 1. The first-order valence-electron chi connectivity index (χ1n) is 9.63. The van der Waals surface area contributed by atoms with Crippen molar-refractivity contribution in [2.45, 2.75) is 50.7 Å². The van der Waals surface area contributed by atoms with Crippen LogP contribution in [0.1, 0.15) is 55.7 Å². The van der Waals surface area contributed by atoms with E-state index in [-0.39, 0.29) is 35.8 Å². The van der Waals surface area contributed by atoms with Crippen molar-refractivity contribution in [1.29, 1.82) is 0 Å². The Labute approximate surface area is 166 Å². The van der Waals surface area contributed by atoms with Crippen molar-refractivity contribution in [3.8, 4) is 0 Å². The van der Waals surface area contributed by atoms with Crippen molar-refractivity contribution in [3.05, 3.63) is 53.7 Å². The molecule has 1 N–H and O–H groups in total. The fourth-order valence-corrected chi connectivity index (χ4v) is 3.57. The first-order valence-corrected chi connectivity index (χ1v) is 9.63. The molecule has 0 unspecified atom stereocenters. The predicted molar refractivity (Wildman–Crippen MR) is 104 cm³/mol. The van der Waals surface area contributed by atoms with Gasteiger partial charge in [-0.2, -0.15) is 13.2 Å². The SMILES string of the molecule is C[C@H](CC(=O)Nc1nc2cc(C(F)(F)F)cnc2n1C1CCC1)c1ccccc1. The highest BCUT2D eigenvalue weighted by Crippen LogP contribution is 2.38. The summed E-state index contributed by atoms with van der Waals surface area (Å²) in [5.41, 5.74) is 0.706. The Morgan fingerprint density at radius 3 is 2.62 bits per heavy atom. The van der Waals surface area contributed by atoms with Crippen molar-refractivity contribution < 1.29 is 18.0 Å². The second-order valence-electron chi connectivity index (χ2n) is 7.52. The minimum Gasteiger partial charge on any atom is -0.296 e. The van der Waals surface area contributed by atoms with Gasteiger partial charge in [-0.05, 0) is 36.8 Å². The second-order valence-corrected chi connectivity index (χ2v) is 7.52. The summed E-state index contributed by atoms with van der Waals surface area (Å²) in [6.07, 6.45) is -0.615. The molecule has 0 bridgehead atoms. The second kappa shape index (κ2) is 7.50. The number of rotatable bonds is 5. The molecule has 29 heavy (non-hydrogen) atoms. The van der Waals surface area contributed by atoms with Crippen LogP contribution in [0.5, 0.6) is 0 Å². The lowest BCUT2D eigenvalue weighted by atomic mass is 9.93. The standard InChI is InChI=1S/C21H21F3N4O/c1-13(14-6-3-2-4-7-14)10-18(29)27-20-26-17-11-15(21(22,23)24)12-25-19(17)28(20)16-8-5-9-16/h2-4,6-7,11-13,16H,5,8-10H2,1H3,(H,26,27,29)/t13-/m1/s1. The van der Waals surface area contributed by atoms with Gasteiger partial charge in [0.2, 0.25) is 11.9 Å². The predicted octanol–water partition coefficient (Wildman–Crippen LogP) is 5.31. The van der Waals surface area contributed by atoms with Gasteiger partial charge >= 0.3 is 6.18 Å². The lowest BCUT2D eigenvalue weighted by molar-refractivity contribution is -0.137. The number of nitrogens with zero attached hydrogens (tertiary/aromatic N) is 3. The number of alkyl halides is 3. The number of fused-ring (bicyclic) bond motifs is 1. The van der Waals surface area contributed by atoms with Gasteiger partial charge in [0.15, 0.2) is 5.65 Å². The highest BCUT2D eigenvalue weighted by Gasteiger charge is 2.33. The van der Waals surface area contributed by atoms with Gasteiger partial charge in [-0.15, -0.1) is 0 Å². The van der Waals surface area contributed by atoms with E-state index in [9.17, 15) is 18.0 Å². The van der Waals surface area contributed by atoms with Crippen LogP contribution in [-0.4, -0.2) is 20.4 Å². The molecule has 1 fully saturated rings. The molecule has 1 saturated carbocycles. The third-order valence-corrected chi connectivity index (χ3v) is 5.41. The molecule has 0 saturated heterocycles. The molecule has 1 aliphatic rings. The van der Waals surface area contributed by atoms with Gasteiger partial charge in [-0.25, -0.2) is 9.97 Å². The van der Waals surface area contributed by atoms with Crippen LogP contribution in [0.3, 0.4) is 0 Å². The largest absolute Gasteiger partial charge is 0.417 e. The van der Waals surface area contributed by atoms with Gasteiger partial charge < -0.3 is 0 Å². The molecule has 3 aromatic rings. The first-order chi connectivity index (χ1) is 13.8. The minimum absolute atomic E-state index is 0.00712. The van der Waals surface area contributed by atoms with Crippen LogP contribution >= 0.6 is 0 Å². The molecule has 1 aromatic carbocycles. The van der Waals surface area contributed by atoms with Crippen LogP contribution in [0, 0.1) is 0 Å². The van der Waals surface area contributed by atoms with E-state index in [1.807, 2.05) is 37.3 Å². The van der Waals surface area contributed by atoms with Crippen molar-refractivity contribution in [2.24, 2.45) is 0 Å². The lowest BCUT2D eigenvalue weighted by Crippen LogP contribution is -2.23. The molecular weight excluding hydrogens is 381 g/mol. The molecule has 5 nitrogen and oxygen atoms in total. The number of carbonyl (C=O) groups is 1. The Bertz CT molecular complexity index is 1030. The number of imidazole rings is 1. The maximum Gasteiger partial charge on any atom is 0.417 e. The van der Waals surface area contributed by atoms with Crippen LogP contribution in [0.2, 0.25) is 0 Å². The topological polar surface area (TPSA) is 59.8 Å². The summed E-state index contributed by atoms with van der Waals surface area (Å²) in [4.78, 5) is 20.9. The summed E-state index contributed by atoms with van der Waals surface area (Å²) in [5.74, 6) is 0.0442. The summed E-state index contributed by atoms with van der Waals surface area (Å²) >= 11 is 0. The fraction of sp³-hybridized carbons (Fsp3) is 0.381. The van der Waals surface area contributed by atoms with Crippen LogP contribution in [0.15, 0.2) is 42.6 Å².